The Balaban J connectivity index is 1.57. The van der Waals surface area contributed by atoms with Crippen molar-refractivity contribution < 1.29 is 14.4 Å². The number of hydrogen-bond acceptors (Lipinski definition) is 4. The van der Waals surface area contributed by atoms with E-state index in [0.717, 1.165) is 31.4 Å². The van der Waals surface area contributed by atoms with Gasteiger partial charge in [-0.1, -0.05) is 25.9 Å². The first kappa shape index (κ1) is 16.2. The molecule has 5 nitrogen and oxygen atoms in total. The molecule has 1 aliphatic heterocycles. The maximum atomic E-state index is 13.0. The van der Waals surface area contributed by atoms with Crippen LogP contribution in [0.1, 0.15) is 50.5 Å². The fourth-order valence-electron chi connectivity index (χ4n) is 4.98. The Morgan fingerprint density at radius 3 is 2.68 bits per heavy atom. The van der Waals surface area contributed by atoms with Crippen LogP contribution in [-0.2, 0) is 0 Å². The fraction of sp³-hybridized carbons (Fsp3) is 0.500. The van der Waals surface area contributed by atoms with E-state index in [1.165, 1.54) is 0 Å². The summed E-state index contributed by atoms with van der Waals surface area (Å²) in [6, 6.07) is 8.66. The molecule has 2 aliphatic rings. The van der Waals surface area contributed by atoms with Crippen molar-refractivity contribution in [3.05, 3.63) is 36.0 Å². The third kappa shape index (κ3) is 2.92. The number of amides is 1. The van der Waals surface area contributed by atoms with Crippen LogP contribution in [0.25, 0.3) is 11.3 Å². The molecule has 1 aromatic carbocycles. The first-order valence-corrected chi connectivity index (χ1v) is 8.82. The lowest BCUT2D eigenvalue weighted by atomic mass is 9.65. The van der Waals surface area contributed by atoms with E-state index in [-0.39, 0.29) is 28.5 Å². The fourth-order valence-corrected chi connectivity index (χ4v) is 4.98. The molecule has 2 heterocycles. The van der Waals surface area contributed by atoms with Crippen LogP contribution in [-0.4, -0.2) is 33.7 Å². The smallest absolute Gasteiger partial charge is 0.276 e. The molecule has 2 atom stereocenters. The molecule has 1 aromatic heterocycles. The summed E-state index contributed by atoms with van der Waals surface area (Å²) in [7, 11) is 0. The second kappa shape index (κ2) is 5.35. The van der Waals surface area contributed by atoms with Gasteiger partial charge in [0, 0.05) is 24.2 Å². The van der Waals surface area contributed by atoms with Crippen LogP contribution in [0.3, 0.4) is 0 Å². The van der Waals surface area contributed by atoms with Gasteiger partial charge in [0.25, 0.3) is 5.91 Å². The Bertz CT molecular complexity index is 809. The molecule has 4 rings (SSSR count). The molecule has 2 fully saturated rings. The van der Waals surface area contributed by atoms with Gasteiger partial charge < -0.3 is 14.5 Å². The largest absolute Gasteiger partial charge is 0.508 e. The van der Waals surface area contributed by atoms with Crippen LogP contribution in [0.15, 0.2) is 34.9 Å². The molecule has 2 bridgehead atoms. The minimum absolute atomic E-state index is 0.0415. The van der Waals surface area contributed by atoms with E-state index in [0.29, 0.717) is 11.5 Å². The Morgan fingerprint density at radius 1 is 1.24 bits per heavy atom. The van der Waals surface area contributed by atoms with Crippen LogP contribution >= 0.6 is 0 Å². The number of rotatable bonds is 2. The Labute approximate surface area is 147 Å². The highest BCUT2D eigenvalue weighted by Gasteiger charge is 2.51. The second-order valence-electron chi connectivity index (χ2n) is 8.77. The zero-order chi connectivity index (χ0) is 17.8. The molecule has 1 N–H and O–H groups in total. The van der Waals surface area contributed by atoms with Crippen LogP contribution in [0.5, 0.6) is 5.75 Å². The van der Waals surface area contributed by atoms with Crippen molar-refractivity contribution in [1.82, 2.24) is 10.1 Å². The third-order valence-electron chi connectivity index (χ3n) is 5.56. The van der Waals surface area contributed by atoms with Crippen molar-refractivity contribution >= 4 is 5.91 Å². The predicted octanol–water partition coefficient (Wildman–Crippen LogP) is 4.09. The Kier molecular flexibility index (Phi) is 3.46. The van der Waals surface area contributed by atoms with Crippen molar-refractivity contribution in [2.24, 2.45) is 10.8 Å². The molecule has 132 valence electrons. The molecular formula is C20H24N2O3. The van der Waals surface area contributed by atoms with E-state index in [9.17, 15) is 9.90 Å². The third-order valence-corrected chi connectivity index (χ3v) is 5.56. The molecule has 0 radical (unpaired) electrons. The minimum atomic E-state index is -0.0415. The minimum Gasteiger partial charge on any atom is -0.508 e. The Morgan fingerprint density at radius 2 is 1.96 bits per heavy atom. The summed E-state index contributed by atoms with van der Waals surface area (Å²) in [6.45, 7) is 7.68. The van der Waals surface area contributed by atoms with Crippen LogP contribution < -0.4 is 0 Å². The molecule has 25 heavy (non-hydrogen) atoms. The molecule has 0 spiro atoms. The molecule has 2 aromatic rings. The molecule has 1 saturated carbocycles. The van der Waals surface area contributed by atoms with Crippen molar-refractivity contribution in [2.75, 3.05) is 6.54 Å². The number of carbonyl (C=O) groups is 1. The molecule has 0 unspecified atom stereocenters. The molecule has 1 amide bonds. The predicted molar refractivity (Wildman–Crippen MR) is 94.2 cm³/mol. The van der Waals surface area contributed by atoms with E-state index in [1.54, 1.807) is 30.3 Å². The number of fused-ring (bicyclic) bond motifs is 2. The average Bonchev–Trinajstić information content (AvgIpc) is 3.09. The van der Waals surface area contributed by atoms with Gasteiger partial charge in [-0.3, -0.25) is 4.79 Å². The summed E-state index contributed by atoms with van der Waals surface area (Å²) >= 11 is 0. The maximum absolute atomic E-state index is 13.0. The number of benzene rings is 1. The number of nitrogens with zero attached hydrogens (tertiary/aromatic N) is 2. The van der Waals surface area contributed by atoms with Gasteiger partial charge in [-0.25, -0.2) is 0 Å². The topological polar surface area (TPSA) is 66.6 Å². The van der Waals surface area contributed by atoms with Crippen molar-refractivity contribution in [1.29, 1.82) is 0 Å². The quantitative estimate of drug-likeness (QED) is 0.894. The van der Waals surface area contributed by atoms with Crippen molar-refractivity contribution in [2.45, 2.75) is 46.1 Å². The van der Waals surface area contributed by atoms with E-state index >= 15 is 0 Å². The average molecular weight is 340 g/mol. The number of likely N-dealkylation sites (tertiary alicyclic amines) is 1. The summed E-state index contributed by atoms with van der Waals surface area (Å²) < 4.78 is 5.37. The highest BCUT2D eigenvalue weighted by atomic mass is 16.5. The van der Waals surface area contributed by atoms with Gasteiger partial charge in [0.15, 0.2) is 11.5 Å². The summed E-state index contributed by atoms with van der Waals surface area (Å²) in [5.74, 6) is 0.692. The number of aromatic nitrogens is 1. The highest BCUT2D eigenvalue weighted by Crippen LogP contribution is 2.52. The molecular weight excluding hydrogens is 316 g/mol. The molecule has 5 heteroatoms. The van der Waals surface area contributed by atoms with Gasteiger partial charge in [-0.2, -0.15) is 0 Å². The zero-order valence-electron chi connectivity index (χ0n) is 15.0. The zero-order valence-corrected chi connectivity index (χ0v) is 15.0. The van der Waals surface area contributed by atoms with Crippen molar-refractivity contribution in [3.8, 4) is 17.1 Å². The van der Waals surface area contributed by atoms with Gasteiger partial charge in [-0.15, -0.1) is 0 Å². The first-order valence-electron chi connectivity index (χ1n) is 8.82. The van der Waals surface area contributed by atoms with Gasteiger partial charge in [0.1, 0.15) is 5.75 Å². The van der Waals surface area contributed by atoms with Crippen LogP contribution in [0.4, 0.5) is 0 Å². The lowest BCUT2D eigenvalue weighted by molar-refractivity contribution is 0.0698. The second-order valence-corrected chi connectivity index (χ2v) is 8.77. The molecule has 1 aliphatic carbocycles. The van der Waals surface area contributed by atoms with Gasteiger partial charge >= 0.3 is 0 Å². The lowest BCUT2D eigenvalue weighted by Gasteiger charge is -2.39. The SMILES string of the molecule is CC1(C)C[C@H]2C[C@@](C)(CN2C(=O)c2cc(-c3ccc(O)cc3)on2)C1. The number of phenols is 1. The standard InChI is InChI=1S/C20H24N2O3/c1-19(2)9-14-10-20(3,11-19)12-22(14)18(24)16-8-17(25-21-16)13-4-6-15(23)7-5-13/h4-8,14,23H,9-12H2,1-3H3/t14-,20+/m0/s1. The monoisotopic (exact) mass is 340 g/mol. The lowest BCUT2D eigenvalue weighted by Crippen LogP contribution is -2.37. The number of carbonyl (C=O) groups excluding carboxylic acids is 1. The highest BCUT2D eigenvalue weighted by molar-refractivity contribution is 5.93. The van der Waals surface area contributed by atoms with Gasteiger partial charge in [-0.05, 0) is 54.4 Å². The van der Waals surface area contributed by atoms with E-state index in [1.807, 2.05) is 4.90 Å². The molecule has 1 saturated heterocycles. The van der Waals surface area contributed by atoms with E-state index in [4.69, 9.17) is 4.52 Å². The number of phenolic OH excluding ortho intramolecular Hbond substituents is 1. The van der Waals surface area contributed by atoms with E-state index < -0.39 is 0 Å². The first-order chi connectivity index (χ1) is 11.7. The van der Waals surface area contributed by atoms with Gasteiger partial charge in [0.05, 0.1) is 0 Å². The summed E-state index contributed by atoms with van der Waals surface area (Å²) in [5.41, 5.74) is 1.62. The van der Waals surface area contributed by atoms with Crippen LogP contribution in [0, 0.1) is 10.8 Å². The normalized spacial score (nSPS) is 27.5. The van der Waals surface area contributed by atoms with Gasteiger partial charge in [0.2, 0.25) is 0 Å². The summed E-state index contributed by atoms with van der Waals surface area (Å²) in [5, 5.41) is 13.4. The summed E-state index contributed by atoms with van der Waals surface area (Å²) in [4.78, 5) is 15.0. The maximum Gasteiger partial charge on any atom is 0.276 e. The van der Waals surface area contributed by atoms with Crippen molar-refractivity contribution in [3.63, 3.8) is 0 Å². The van der Waals surface area contributed by atoms with E-state index in [2.05, 4.69) is 25.9 Å². The Hall–Kier alpha value is -2.30. The number of aromatic hydroxyl groups is 1. The number of hydrogen-bond donors (Lipinski definition) is 1. The van der Waals surface area contributed by atoms with Crippen LogP contribution in [0.2, 0.25) is 0 Å². The summed E-state index contributed by atoms with van der Waals surface area (Å²) in [6.07, 6.45) is 3.26.